The van der Waals surface area contributed by atoms with E-state index in [0.717, 1.165) is 41.2 Å². The highest BCUT2D eigenvalue weighted by molar-refractivity contribution is 5.86. The summed E-state index contributed by atoms with van der Waals surface area (Å²) >= 11 is 0. The Bertz CT molecular complexity index is 1070. The van der Waals surface area contributed by atoms with Crippen LogP contribution in [0.15, 0.2) is 54.9 Å². The molecule has 8 nitrogen and oxygen atoms in total. The van der Waals surface area contributed by atoms with Crippen LogP contribution in [0, 0.1) is 0 Å². The topological polar surface area (TPSA) is 81.9 Å². The lowest BCUT2D eigenvalue weighted by Gasteiger charge is -2.28. The van der Waals surface area contributed by atoms with Crippen LogP contribution in [0.2, 0.25) is 0 Å². The lowest BCUT2D eigenvalue weighted by molar-refractivity contribution is 0.122. The van der Waals surface area contributed by atoms with Crippen molar-refractivity contribution in [3.8, 4) is 17.2 Å². The van der Waals surface area contributed by atoms with Crippen LogP contribution in [0.3, 0.4) is 0 Å². The quantitative estimate of drug-likeness (QED) is 0.554. The van der Waals surface area contributed by atoms with Crippen molar-refractivity contribution >= 4 is 16.9 Å². The van der Waals surface area contributed by atoms with Crippen molar-refractivity contribution < 1.29 is 4.74 Å². The van der Waals surface area contributed by atoms with E-state index >= 15 is 0 Å². The lowest BCUT2D eigenvalue weighted by atomic mass is 10.2. The maximum Gasteiger partial charge on any atom is 0.254 e. The molecule has 1 saturated heterocycles. The van der Waals surface area contributed by atoms with Crippen molar-refractivity contribution in [1.29, 1.82) is 0 Å². The molecular formula is C19H17N7O. The third kappa shape index (κ3) is 3.00. The van der Waals surface area contributed by atoms with Gasteiger partial charge in [-0.2, -0.15) is 9.67 Å². The molecule has 1 aliphatic rings. The normalized spacial score (nSPS) is 14.6. The van der Waals surface area contributed by atoms with Crippen LogP contribution in [-0.4, -0.2) is 56.2 Å². The third-order valence-corrected chi connectivity index (χ3v) is 4.50. The average molecular weight is 359 g/mol. The third-order valence-electron chi connectivity index (χ3n) is 4.50. The molecule has 0 saturated carbocycles. The number of aromatic nitrogens is 6. The molecule has 27 heavy (non-hydrogen) atoms. The Labute approximate surface area is 155 Å². The fourth-order valence-corrected chi connectivity index (χ4v) is 3.14. The van der Waals surface area contributed by atoms with Gasteiger partial charge in [-0.3, -0.25) is 4.98 Å². The number of hydrogen-bond acceptors (Lipinski definition) is 7. The van der Waals surface area contributed by atoms with Gasteiger partial charge in [-0.15, -0.1) is 5.10 Å². The van der Waals surface area contributed by atoms with E-state index in [4.69, 9.17) is 9.72 Å². The van der Waals surface area contributed by atoms with Crippen LogP contribution in [0.1, 0.15) is 0 Å². The number of benzene rings is 1. The second-order valence-electron chi connectivity index (χ2n) is 6.23. The predicted octanol–water partition coefficient (Wildman–Crippen LogP) is 2.11. The summed E-state index contributed by atoms with van der Waals surface area (Å²) in [4.78, 5) is 16.1. The summed E-state index contributed by atoms with van der Waals surface area (Å²) in [6, 6.07) is 13.7. The number of fused-ring (bicyclic) bond motifs is 1. The van der Waals surface area contributed by atoms with Crippen LogP contribution in [0.4, 0.5) is 5.82 Å². The van der Waals surface area contributed by atoms with Crippen LogP contribution in [0.25, 0.3) is 28.2 Å². The van der Waals surface area contributed by atoms with Gasteiger partial charge >= 0.3 is 0 Å². The van der Waals surface area contributed by atoms with Gasteiger partial charge in [-0.25, -0.2) is 4.98 Å². The first-order chi connectivity index (χ1) is 13.4. The summed E-state index contributed by atoms with van der Waals surface area (Å²) < 4.78 is 7.08. The number of hydrogen-bond donors (Lipinski definition) is 0. The van der Waals surface area contributed by atoms with Crippen molar-refractivity contribution in [2.24, 2.45) is 0 Å². The van der Waals surface area contributed by atoms with E-state index in [1.807, 2.05) is 48.7 Å². The Kier molecular flexibility index (Phi) is 3.95. The highest BCUT2D eigenvalue weighted by Gasteiger charge is 2.19. The molecule has 1 aliphatic heterocycles. The van der Waals surface area contributed by atoms with Gasteiger partial charge in [0.1, 0.15) is 11.2 Å². The summed E-state index contributed by atoms with van der Waals surface area (Å²) in [5.74, 6) is 1.28. The highest BCUT2D eigenvalue weighted by atomic mass is 16.5. The highest BCUT2D eigenvalue weighted by Crippen LogP contribution is 2.24. The molecule has 0 radical (unpaired) electrons. The zero-order chi connectivity index (χ0) is 18.1. The largest absolute Gasteiger partial charge is 0.378 e. The first-order valence-corrected chi connectivity index (χ1v) is 8.82. The molecular weight excluding hydrogens is 342 g/mol. The van der Waals surface area contributed by atoms with Crippen LogP contribution in [-0.2, 0) is 4.74 Å². The van der Waals surface area contributed by atoms with Crippen molar-refractivity contribution in [1.82, 2.24) is 29.9 Å². The summed E-state index contributed by atoms with van der Waals surface area (Å²) in [6.45, 7) is 2.90. The van der Waals surface area contributed by atoms with Crippen molar-refractivity contribution in [3.63, 3.8) is 0 Å². The first kappa shape index (κ1) is 15.8. The number of nitrogens with zero attached hydrogens (tertiary/aromatic N) is 7. The summed E-state index contributed by atoms with van der Waals surface area (Å²) in [5, 5.41) is 8.50. The van der Waals surface area contributed by atoms with E-state index in [2.05, 4.69) is 25.2 Å². The zero-order valence-electron chi connectivity index (χ0n) is 14.6. The minimum Gasteiger partial charge on any atom is -0.378 e. The van der Waals surface area contributed by atoms with Gasteiger partial charge in [0.15, 0.2) is 5.82 Å². The van der Waals surface area contributed by atoms with E-state index in [1.54, 1.807) is 10.9 Å². The van der Waals surface area contributed by atoms with Gasteiger partial charge in [0.2, 0.25) is 0 Å². The molecule has 0 spiro atoms. The molecule has 0 N–H and O–H groups in total. The number of ether oxygens (including phenoxy) is 1. The van der Waals surface area contributed by atoms with E-state index < -0.39 is 0 Å². The Morgan fingerprint density at radius 2 is 1.78 bits per heavy atom. The van der Waals surface area contributed by atoms with Gasteiger partial charge in [-0.05, 0) is 12.1 Å². The number of rotatable bonds is 3. The van der Waals surface area contributed by atoms with E-state index in [0.29, 0.717) is 19.2 Å². The standard InChI is InChI=1S/C19H17N7O/c1-2-5-14(6-3-1)16-13-26(24-23-16)19-21-15-7-4-8-20-17(15)18(22-19)25-9-11-27-12-10-25/h1-8,13H,9-12H2. The molecule has 1 fully saturated rings. The molecule has 3 aromatic heterocycles. The molecule has 4 heterocycles. The number of anilines is 1. The fourth-order valence-electron chi connectivity index (χ4n) is 3.14. The van der Waals surface area contributed by atoms with Gasteiger partial charge in [0.25, 0.3) is 5.95 Å². The molecule has 0 atom stereocenters. The van der Waals surface area contributed by atoms with Crippen molar-refractivity contribution in [2.75, 3.05) is 31.2 Å². The van der Waals surface area contributed by atoms with E-state index in [-0.39, 0.29) is 0 Å². The minimum atomic E-state index is 0.478. The molecule has 5 rings (SSSR count). The first-order valence-electron chi connectivity index (χ1n) is 8.82. The number of morpholine rings is 1. The summed E-state index contributed by atoms with van der Waals surface area (Å²) in [5.41, 5.74) is 3.34. The average Bonchev–Trinajstić information content (AvgIpc) is 3.25. The Morgan fingerprint density at radius 3 is 2.63 bits per heavy atom. The Balaban J connectivity index is 1.60. The fraction of sp³-hybridized carbons (Fsp3) is 0.211. The van der Waals surface area contributed by atoms with E-state index in [9.17, 15) is 0 Å². The van der Waals surface area contributed by atoms with Gasteiger partial charge in [0, 0.05) is 24.8 Å². The molecule has 1 aromatic carbocycles. The maximum absolute atomic E-state index is 5.47. The molecule has 0 bridgehead atoms. The Hall–Kier alpha value is -3.39. The molecule has 4 aromatic rings. The minimum absolute atomic E-state index is 0.478. The summed E-state index contributed by atoms with van der Waals surface area (Å²) in [6.07, 6.45) is 3.61. The van der Waals surface area contributed by atoms with Gasteiger partial charge < -0.3 is 9.64 Å². The van der Waals surface area contributed by atoms with Crippen molar-refractivity contribution in [2.45, 2.75) is 0 Å². The molecule has 0 amide bonds. The monoisotopic (exact) mass is 359 g/mol. The lowest BCUT2D eigenvalue weighted by Crippen LogP contribution is -2.37. The Morgan fingerprint density at radius 1 is 0.926 bits per heavy atom. The second-order valence-corrected chi connectivity index (χ2v) is 6.23. The van der Waals surface area contributed by atoms with Crippen LogP contribution >= 0.6 is 0 Å². The maximum atomic E-state index is 5.47. The second kappa shape index (κ2) is 6.73. The predicted molar refractivity (Wildman–Crippen MR) is 101 cm³/mol. The SMILES string of the molecule is c1ccc(-c2cn(-c3nc(N4CCOCC4)c4ncccc4n3)nn2)cc1. The zero-order valence-corrected chi connectivity index (χ0v) is 14.6. The smallest absolute Gasteiger partial charge is 0.254 e. The molecule has 134 valence electrons. The van der Waals surface area contributed by atoms with Crippen molar-refractivity contribution in [3.05, 3.63) is 54.9 Å². The van der Waals surface area contributed by atoms with Crippen LogP contribution < -0.4 is 4.90 Å². The molecule has 0 aliphatic carbocycles. The molecule has 8 heteroatoms. The summed E-state index contributed by atoms with van der Waals surface area (Å²) in [7, 11) is 0. The molecule has 0 unspecified atom stereocenters. The van der Waals surface area contributed by atoms with Gasteiger partial charge in [-0.1, -0.05) is 35.5 Å². The van der Waals surface area contributed by atoms with E-state index in [1.165, 1.54) is 0 Å². The number of pyridine rings is 1. The van der Waals surface area contributed by atoms with Crippen LogP contribution in [0.5, 0.6) is 0 Å². The van der Waals surface area contributed by atoms with Gasteiger partial charge in [0.05, 0.1) is 24.9 Å².